The molecule has 130 valence electrons. The van der Waals surface area contributed by atoms with E-state index in [0.29, 0.717) is 7.25 Å². The van der Waals surface area contributed by atoms with Crippen molar-refractivity contribution >= 4 is 6.08 Å². The van der Waals surface area contributed by atoms with Crippen molar-refractivity contribution in [2.45, 2.75) is 14.7 Å². The van der Waals surface area contributed by atoms with E-state index in [-0.39, 0.29) is 32.2 Å². The van der Waals surface area contributed by atoms with Gasteiger partial charge in [0.25, 0.3) is 0 Å². The zero-order valence-corrected chi connectivity index (χ0v) is 17.5. The van der Waals surface area contributed by atoms with Crippen molar-refractivity contribution in [2.75, 3.05) is 0 Å². The van der Waals surface area contributed by atoms with Gasteiger partial charge in [-0.3, -0.25) is 0 Å². The van der Waals surface area contributed by atoms with Crippen LogP contribution in [-0.4, -0.2) is 0 Å². The zero-order chi connectivity index (χ0) is 15.2. The Morgan fingerprint density at radius 1 is 0.615 bits per heavy atom. The number of hydrogen-bond acceptors (Lipinski definition) is 0. The molecule has 0 aliphatic heterocycles. The van der Waals surface area contributed by atoms with Crippen molar-refractivity contribution in [3.63, 3.8) is 0 Å². The minimum absolute atomic E-state index is 0. The molecule has 2 aliphatic rings. The minimum Gasteiger partial charge on any atom is -1.00 e. The van der Waals surface area contributed by atoms with Crippen LogP contribution >= 0.6 is 0 Å². The maximum atomic E-state index is 2.46. The van der Waals surface area contributed by atoms with E-state index in [4.69, 9.17) is 0 Å². The number of allylic oxidation sites excluding steroid dienone is 1. The van der Waals surface area contributed by atoms with Gasteiger partial charge in [0, 0.05) is 0 Å². The van der Waals surface area contributed by atoms with Gasteiger partial charge in [-0.2, -0.15) is 0 Å². The van der Waals surface area contributed by atoms with Crippen LogP contribution in [0.15, 0.2) is 78.9 Å². The van der Waals surface area contributed by atoms with Crippen LogP contribution in [-0.2, 0) is 23.2 Å². The first-order valence-electron chi connectivity index (χ1n) is 8.13. The van der Waals surface area contributed by atoms with E-state index in [1.807, 2.05) is 0 Å². The third-order valence-corrected chi connectivity index (χ3v) is 9.45. The summed E-state index contributed by atoms with van der Waals surface area (Å²) in [7, 11) is 0. The number of hydrogen-bond donors (Lipinski definition) is 0. The second kappa shape index (κ2) is 8.70. The maximum absolute atomic E-state index is 2.46. The molecule has 3 aromatic rings. The van der Waals surface area contributed by atoms with Crippen LogP contribution in [0.2, 0.25) is 0 Å². The Hall–Kier alpha value is -1.14. The first-order chi connectivity index (χ1) is 11.4. The van der Waals surface area contributed by atoms with Gasteiger partial charge in [0.05, 0.1) is 0 Å². The molecule has 26 heavy (non-hydrogen) atoms. The topological polar surface area (TPSA) is 0 Å². The number of halogens is 2. The van der Waals surface area contributed by atoms with E-state index >= 15 is 0 Å². The Kier molecular flexibility index (Phi) is 7.08. The van der Waals surface area contributed by atoms with Crippen molar-refractivity contribution in [2.24, 2.45) is 0 Å². The van der Waals surface area contributed by atoms with Gasteiger partial charge in [0.15, 0.2) is 0 Å². The van der Waals surface area contributed by atoms with E-state index in [2.05, 4.69) is 84.9 Å². The van der Waals surface area contributed by atoms with Crippen molar-refractivity contribution in [1.29, 1.82) is 0 Å². The summed E-state index contributed by atoms with van der Waals surface area (Å²) in [6, 6.07) is 27.0. The Bertz CT molecular complexity index is 887. The van der Waals surface area contributed by atoms with Crippen molar-refractivity contribution in [3.05, 3.63) is 101 Å². The van der Waals surface area contributed by atoms with E-state index in [1.165, 1.54) is 16.7 Å². The largest absolute Gasteiger partial charge is 1.00 e. The quantitative estimate of drug-likeness (QED) is 0.517. The van der Waals surface area contributed by atoms with Crippen LogP contribution in [0.3, 0.4) is 0 Å². The summed E-state index contributed by atoms with van der Waals surface area (Å²) in [6.07, 6.45) is 4.79. The Morgan fingerprint density at radius 3 is 1.73 bits per heavy atom. The van der Waals surface area contributed by atoms with Crippen LogP contribution in [0.5, 0.6) is 0 Å². The first-order valence-corrected chi connectivity index (χ1v) is 11.0. The van der Waals surface area contributed by atoms with Gasteiger partial charge < -0.3 is 24.8 Å². The van der Waals surface area contributed by atoms with E-state index in [0.717, 1.165) is 0 Å². The average molecular weight is 459 g/mol. The number of benzene rings is 3. The minimum atomic E-state index is -0.685. The summed E-state index contributed by atoms with van der Waals surface area (Å²) in [5.74, 6) is 0. The van der Waals surface area contributed by atoms with Gasteiger partial charge in [0.2, 0.25) is 0 Å². The molecule has 0 saturated heterocycles. The van der Waals surface area contributed by atoms with Gasteiger partial charge in [-0.05, 0) is 0 Å². The Labute approximate surface area is 180 Å². The summed E-state index contributed by atoms with van der Waals surface area (Å²) in [6.45, 7) is 0. The molecule has 0 amide bonds. The Morgan fingerprint density at radius 2 is 1.12 bits per heavy atom. The predicted octanol–water partition coefficient (Wildman–Crippen LogP) is 0.251. The SMILES string of the molecule is C.C1=C[CH]([Zr+2][CH]2c3ccccc3-c3ccccc32)c2ccccc21.[Cl-].[Cl-]. The van der Waals surface area contributed by atoms with Gasteiger partial charge in [-0.25, -0.2) is 0 Å². The van der Waals surface area contributed by atoms with E-state index < -0.39 is 23.2 Å². The molecule has 3 heteroatoms. The smallest absolute Gasteiger partial charge is 1.00 e. The molecule has 0 N–H and O–H groups in total. The van der Waals surface area contributed by atoms with Crippen LogP contribution in [0.4, 0.5) is 0 Å². The van der Waals surface area contributed by atoms with Crippen molar-refractivity contribution in [3.8, 4) is 11.1 Å². The molecule has 0 nitrogen and oxygen atoms in total. The van der Waals surface area contributed by atoms with Crippen LogP contribution in [0.1, 0.15) is 36.9 Å². The molecule has 3 aromatic carbocycles. The van der Waals surface area contributed by atoms with E-state index in [1.54, 1.807) is 16.7 Å². The molecule has 0 radical (unpaired) electrons. The van der Waals surface area contributed by atoms with Crippen molar-refractivity contribution < 1.29 is 48.0 Å². The fourth-order valence-corrected chi connectivity index (χ4v) is 8.51. The van der Waals surface area contributed by atoms with Crippen LogP contribution in [0.25, 0.3) is 17.2 Å². The Balaban J connectivity index is 0.000000810. The van der Waals surface area contributed by atoms with Gasteiger partial charge in [0.1, 0.15) is 0 Å². The molecule has 0 spiro atoms. The summed E-state index contributed by atoms with van der Waals surface area (Å²) >= 11 is -0.685. The van der Waals surface area contributed by atoms with Crippen LogP contribution < -0.4 is 24.8 Å². The standard InChI is InChI=1S/C13H9.C9H7.CH4.2ClH.Zr/c1-3-7-12-10(5-1)9-11-6-2-4-8-13(11)12;1-2-5-9-7-3-6-8(9)4-1;;;;/h1-9H;1-7H;1H4;2*1H;/q;;;;;+2/p-2. The molecule has 0 fully saturated rings. The first kappa shape index (κ1) is 21.2. The third-order valence-electron chi connectivity index (χ3n) is 4.98. The number of fused-ring (bicyclic) bond motifs is 4. The predicted molar refractivity (Wildman–Crippen MR) is 98.7 cm³/mol. The third kappa shape index (κ3) is 3.38. The fraction of sp³-hybridized carbons (Fsp3) is 0.130. The normalized spacial score (nSPS) is 15.5. The molecule has 0 heterocycles. The molecule has 0 bridgehead atoms. The summed E-state index contributed by atoms with van der Waals surface area (Å²) in [5, 5.41) is 0. The molecule has 0 saturated carbocycles. The molecule has 5 rings (SSSR count). The van der Waals surface area contributed by atoms with Crippen molar-refractivity contribution in [1.82, 2.24) is 0 Å². The molecule has 0 aromatic heterocycles. The molecule has 1 unspecified atom stereocenters. The second-order valence-corrected chi connectivity index (χ2v) is 10.0. The second-order valence-electron chi connectivity index (χ2n) is 6.24. The summed E-state index contributed by atoms with van der Waals surface area (Å²) in [5.41, 5.74) is 9.05. The van der Waals surface area contributed by atoms with Gasteiger partial charge in [-0.1, -0.05) is 7.43 Å². The summed E-state index contributed by atoms with van der Waals surface area (Å²) < 4.78 is 1.37. The van der Waals surface area contributed by atoms with Gasteiger partial charge >= 0.3 is 149 Å². The zero-order valence-electron chi connectivity index (χ0n) is 13.5. The monoisotopic (exact) mass is 456 g/mol. The van der Waals surface area contributed by atoms with Gasteiger partial charge in [-0.15, -0.1) is 0 Å². The van der Waals surface area contributed by atoms with E-state index in [9.17, 15) is 0 Å². The average Bonchev–Trinajstić information content (AvgIpc) is 3.16. The molecular formula is C23H20Cl2Zr. The molecular weight excluding hydrogens is 438 g/mol. The maximum Gasteiger partial charge on any atom is -1.00 e. The number of rotatable bonds is 2. The van der Waals surface area contributed by atoms with Crippen LogP contribution in [0, 0.1) is 0 Å². The molecule has 1 atom stereocenters. The fourth-order valence-electron chi connectivity index (χ4n) is 3.91. The summed E-state index contributed by atoms with van der Waals surface area (Å²) in [4.78, 5) is 0. The molecule has 2 aliphatic carbocycles.